The number of rotatable bonds is 3. The van der Waals surface area contributed by atoms with Crippen molar-refractivity contribution in [2.24, 2.45) is 0 Å². The van der Waals surface area contributed by atoms with E-state index in [9.17, 15) is 4.79 Å². The number of nitrogens with zero attached hydrogens (tertiary/aromatic N) is 1. The van der Waals surface area contributed by atoms with Gasteiger partial charge in [-0.1, -0.05) is 6.07 Å². The third-order valence-electron chi connectivity index (χ3n) is 2.93. The van der Waals surface area contributed by atoms with Crippen LogP contribution in [0.15, 0.2) is 36.5 Å². The van der Waals surface area contributed by atoms with Crippen LogP contribution in [0.4, 0.5) is 5.82 Å². The highest BCUT2D eigenvalue weighted by atomic mass is 16.7. The van der Waals surface area contributed by atoms with Gasteiger partial charge in [-0.3, -0.25) is 4.79 Å². The van der Waals surface area contributed by atoms with Gasteiger partial charge in [0.1, 0.15) is 5.82 Å². The van der Waals surface area contributed by atoms with E-state index in [-0.39, 0.29) is 12.7 Å². The second-order valence-electron chi connectivity index (χ2n) is 4.34. The van der Waals surface area contributed by atoms with Crippen molar-refractivity contribution in [3.8, 4) is 11.5 Å². The number of anilines is 1. The molecule has 0 fully saturated rings. The molecule has 6 nitrogen and oxygen atoms in total. The molecule has 2 aromatic rings. The smallest absolute Gasteiger partial charge is 0.251 e. The predicted molar refractivity (Wildman–Crippen MR) is 72.4 cm³/mol. The number of aromatic nitrogens is 1. The molecule has 0 atom stereocenters. The zero-order chi connectivity index (χ0) is 13.9. The molecule has 1 aromatic carbocycles. The van der Waals surface area contributed by atoms with Gasteiger partial charge in [0.15, 0.2) is 11.5 Å². The Hall–Kier alpha value is -2.76. The van der Waals surface area contributed by atoms with Crippen LogP contribution in [0.25, 0.3) is 0 Å². The van der Waals surface area contributed by atoms with Crippen LogP contribution in [0.2, 0.25) is 0 Å². The number of fused-ring (bicyclic) bond motifs is 1. The number of ether oxygens (including phenoxy) is 2. The van der Waals surface area contributed by atoms with Crippen molar-refractivity contribution in [3.05, 3.63) is 47.7 Å². The number of nitrogens with two attached hydrogens (primary N) is 1. The van der Waals surface area contributed by atoms with Gasteiger partial charge < -0.3 is 20.5 Å². The number of pyridine rings is 1. The summed E-state index contributed by atoms with van der Waals surface area (Å²) in [7, 11) is 0. The van der Waals surface area contributed by atoms with Crippen LogP contribution in [-0.2, 0) is 6.54 Å². The Balaban J connectivity index is 1.66. The molecule has 0 aliphatic carbocycles. The van der Waals surface area contributed by atoms with E-state index >= 15 is 0 Å². The average molecular weight is 271 g/mol. The van der Waals surface area contributed by atoms with Crippen LogP contribution < -0.4 is 20.5 Å². The Kier molecular flexibility index (Phi) is 3.12. The summed E-state index contributed by atoms with van der Waals surface area (Å²) >= 11 is 0. The Morgan fingerprint density at radius 2 is 2.10 bits per heavy atom. The summed E-state index contributed by atoms with van der Waals surface area (Å²) in [5.74, 6) is 1.55. The summed E-state index contributed by atoms with van der Waals surface area (Å²) in [6, 6.07) is 8.72. The first-order valence-corrected chi connectivity index (χ1v) is 6.10. The molecular weight excluding hydrogens is 258 g/mol. The molecule has 0 spiro atoms. The summed E-state index contributed by atoms with van der Waals surface area (Å²) < 4.78 is 10.5. The molecule has 0 unspecified atom stereocenters. The molecular formula is C14H13N3O3. The maximum Gasteiger partial charge on any atom is 0.251 e. The van der Waals surface area contributed by atoms with Crippen LogP contribution in [0, 0.1) is 0 Å². The quantitative estimate of drug-likeness (QED) is 0.879. The maximum atomic E-state index is 12.0. The summed E-state index contributed by atoms with van der Waals surface area (Å²) in [5, 5.41) is 2.82. The number of amides is 1. The van der Waals surface area contributed by atoms with Crippen molar-refractivity contribution in [3.63, 3.8) is 0 Å². The molecule has 2 heterocycles. The van der Waals surface area contributed by atoms with Gasteiger partial charge in [0.2, 0.25) is 6.79 Å². The lowest BCUT2D eigenvalue weighted by Gasteiger charge is -2.06. The SMILES string of the molecule is Nc1cc(C(=O)NCc2ccc3c(c2)OCO3)ccn1. The molecule has 20 heavy (non-hydrogen) atoms. The van der Waals surface area contributed by atoms with Gasteiger partial charge in [0.25, 0.3) is 5.91 Å². The molecule has 6 heteroatoms. The first-order chi connectivity index (χ1) is 9.72. The lowest BCUT2D eigenvalue weighted by Crippen LogP contribution is -2.22. The monoisotopic (exact) mass is 271 g/mol. The average Bonchev–Trinajstić information content (AvgIpc) is 2.92. The van der Waals surface area contributed by atoms with Gasteiger partial charge in [-0.25, -0.2) is 4.98 Å². The van der Waals surface area contributed by atoms with Gasteiger partial charge in [-0.15, -0.1) is 0 Å². The summed E-state index contributed by atoms with van der Waals surface area (Å²) in [5.41, 5.74) is 6.96. The number of carbonyl (C=O) groups excluding carboxylic acids is 1. The van der Waals surface area contributed by atoms with E-state index in [1.165, 1.54) is 12.3 Å². The maximum absolute atomic E-state index is 12.0. The van der Waals surface area contributed by atoms with Gasteiger partial charge >= 0.3 is 0 Å². The third kappa shape index (κ3) is 2.49. The van der Waals surface area contributed by atoms with Crippen molar-refractivity contribution in [1.82, 2.24) is 10.3 Å². The number of nitrogen functional groups attached to an aromatic ring is 1. The van der Waals surface area contributed by atoms with Gasteiger partial charge in [-0.05, 0) is 29.8 Å². The van der Waals surface area contributed by atoms with Gasteiger partial charge in [0, 0.05) is 18.3 Å². The molecule has 1 aliphatic heterocycles. The van der Waals surface area contributed by atoms with E-state index in [2.05, 4.69) is 10.3 Å². The van der Waals surface area contributed by atoms with E-state index in [0.29, 0.717) is 23.7 Å². The van der Waals surface area contributed by atoms with E-state index < -0.39 is 0 Å². The fourth-order valence-electron chi connectivity index (χ4n) is 1.92. The largest absolute Gasteiger partial charge is 0.454 e. The molecule has 1 aromatic heterocycles. The zero-order valence-electron chi connectivity index (χ0n) is 10.6. The zero-order valence-corrected chi connectivity index (χ0v) is 10.6. The van der Waals surface area contributed by atoms with Crippen LogP contribution in [0.5, 0.6) is 11.5 Å². The third-order valence-corrected chi connectivity index (χ3v) is 2.93. The standard InChI is InChI=1S/C14H13N3O3/c15-13-6-10(3-4-16-13)14(18)17-7-9-1-2-11-12(5-9)20-8-19-11/h1-6H,7-8H2,(H2,15,16)(H,17,18). The van der Waals surface area contributed by atoms with Crippen molar-refractivity contribution >= 4 is 11.7 Å². The molecule has 0 radical (unpaired) electrons. The number of nitrogens with one attached hydrogen (secondary N) is 1. The van der Waals surface area contributed by atoms with Crippen LogP contribution in [0.3, 0.4) is 0 Å². The van der Waals surface area contributed by atoms with Crippen molar-refractivity contribution < 1.29 is 14.3 Å². The van der Waals surface area contributed by atoms with Crippen LogP contribution in [-0.4, -0.2) is 17.7 Å². The predicted octanol–water partition coefficient (Wildman–Crippen LogP) is 1.32. The number of carbonyl (C=O) groups is 1. The first kappa shape index (κ1) is 12.3. The number of hydrogen-bond acceptors (Lipinski definition) is 5. The minimum Gasteiger partial charge on any atom is -0.454 e. The fraction of sp³-hybridized carbons (Fsp3) is 0.143. The Morgan fingerprint density at radius 1 is 1.25 bits per heavy atom. The van der Waals surface area contributed by atoms with Gasteiger partial charge in [0.05, 0.1) is 0 Å². The van der Waals surface area contributed by atoms with Crippen molar-refractivity contribution in [2.75, 3.05) is 12.5 Å². The van der Waals surface area contributed by atoms with E-state index in [1.807, 2.05) is 18.2 Å². The Labute approximate surface area is 115 Å². The second kappa shape index (κ2) is 5.08. The number of hydrogen-bond donors (Lipinski definition) is 2. The minimum absolute atomic E-state index is 0.197. The van der Waals surface area contributed by atoms with Crippen LogP contribution in [0.1, 0.15) is 15.9 Å². The van der Waals surface area contributed by atoms with Gasteiger partial charge in [-0.2, -0.15) is 0 Å². The van der Waals surface area contributed by atoms with E-state index in [1.54, 1.807) is 6.07 Å². The summed E-state index contributed by atoms with van der Waals surface area (Å²) in [4.78, 5) is 15.8. The van der Waals surface area contributed by atoms with E-state index in [4.69, 9.17) is 15.2 Å². The summed E-state index contributed by atoms with van der Waals surface area (Å²) in [6.45, 7) is 0.638. The molecule has 3 rings (SSSR count). The number of benzene rings is 1. The molecule has 0 saturated heterocycles. The lowest BCUT2D eigenvalue weighted by atomic mass is 10.2. The second-order valence-corrected chi connectivity index (χ2v) is 4.34. The summed E-state index contributed by atoms with van der Waals surface area (Å²) in [6.07, 6.45) is 1.50. The highest BCUT2D eigenvalue weighted by Crippen LogP contribution is 2.32. The molecule has 0 saturated carbocycles. The minimum atomic E-state index is -0.197. The Bertz CT molecular complexity index is 658. The molecule has 1 amide bonds. The molecule has 102 valence electrons. The topological polar surface area (TPSA) is 86.5 Å². The molecule has 1 aliphatic rings. The van der Waals surface area contributed by atoms with Crippen LogP contribution >= 0.6 is 0 Å². The lowest BCUT2D eigenvalue weighted by molar-refractivity contribution is 0.0950. The Morgan fingerprint density at radius 3 is 2.95 bits per heavy atom. The fourth-order valence-corrected chi connectivity index (χ4v) is 1.92. The van der Waals surface area contributed by atoms with E-state index in [0.717, 1.165) is 11.3 Å². The normalized spacial score (nSPS) is 12.2. The van der Waals surface area contributed by atoms with Crippen molar-refractivity contribution in [2.45, 2.75) is 6.54 Å². The van der Waals surface area contributed by atoms with Crippen molar-refractivity contribution in [1.29, 1.82) is 0 Å². The highest BCUT2D eigenvalue weighted by Gasteiger charge is 2.13. The first-order valence-electron chi connectivity index (χ1n) is 6.10. The highest BCUT2D eigenvalue weighted by molar-refractivity contribution is 5.94. The molecule has 3 N–H and O–H groups in total. The molecule has 0 bridgehead atoms.